The van der Waals surface area contributed by atoms with Gasteiger partial charge in [0.15, 0.2) is 0 Å². The van der Waals surface area contributed by atoms with Gasteiger partial charge in [0.1, 0.15) is 5.56 Å². The van der Waals surface area contributed by atoms with E-state index in [2.05, 4.69) is 9.97 Å². The van der Waals surface area contributed by atoms with Crippen LogP contribution in [0.3, 0.4) is 0 Å². The van der Waals surface area contributed by atoms with Crippen molar-refractivity contribution in [1.82, 2.24) is 9.97 Å². The van der Waals surface area contributed by atoms with Crippen LogP contribution in [0.5, 0.6) is 5.88 Å². The molecule has 0 spiro atoms. The Morgan fingerprint density at radius 3 is 2.38 bits per heavy atom. The summed E-state index contributed by atoms with van der Waals surface area (Å²) in [5.41, 5.74) is -0.238. The Kier molecular flexibility index (Phi) is 7.08. The van der Waals surface area contributed by atoms with Crippen LogP contribution >= 0.6 is 11.6 Å². The molecule has 0 amide bonds. The average Bonchev–Trinajstić information content (AvgIpc) is 2.60. The highest BCUT2D eigenvalue weighted by molar-refractivity contribution is 6.30. The fourth-order valence-corrected chi connectivity index (χ4v) is 2.50. The number of unbranched alkanes of at least 4 members (excludes halogenated alkanes) is 2. The van der Waals surface area contributed by atoms with Gasteiger partial charge >= 0.3 is 6.18 Å². The molecule has 142 valence electrons. The summed E-state index contributed by atoms with van der Waals surface area (Å²) < 4.78 is 45.0. The molecule has 0 atom stereocenters. The van der Waals surface area contributed by atoms with Crippen molar-refractivity contribution in [2.45, 2.75) is 39.3 Å². The van der Waals surface area contributed by atoms with E-state index in [9.17, 15) is 13.2 Å². The van der Waals surface area contributed by atoms with Crippen LogP contribution in [0.1, 0.15) is 38.7 Å². The molecule has 0 radical (unpaired) electrons. The van der Waals surface area contributed by atoms with Crippen molar-refractivity contribution in [3.8, 4) is 5.88 Å². The molecule has 4 nitrogen and oxygen atoms in total. The van der Waals surface area contributed by atoms with Crippen molar-refractivity contribution in [2.24, 2.45) is 0 Å². The Hall–Kier alpha value is -2.02. The van der Waals surface area contributed by atoms with Gasteiger partial charge < -0.3 is 9.64 Å². The zero-order chi connectivity index (χ0) is 19.2. The maximum absolute atomic E-state index is 13.2. The van der Waals surface area contributed by atoms with Gasteiger partial charge in [0.25, 0.3) is 0 Å². The zero-order valence-electron chi connectivity index (χ0n) is 14.7. The Morgan fingerprint density at radius 1 is 1.12 bits per heavy atom. The van der Waals surface area contributed by atoms with Gasteiger partial charge in [-0.25, -0.2) is 4.98 Å². The third kappa shape index (κ3) is 5.24. The van der Waals surface area contributed by atoms with E-state index in [4.69, 9.17) is 16.3 Å². The van der Waals surface area contributed by atoms with Gasteiger partial charge in [0, 0.05) is 23.5 Å². The van der Waals surface area contributed by atoms with Gasteiger partial charge in [-0.2, -0.15) is 18.2 Å². The summed E-state index contributed by atoms with van der Waals surface area (Å²) in [6, 6.07) is 6.92. The fourth-order valence-electron chi connectivity index (χ4n) is 2.37. The van der Waals surface area contributed by atoms with Gasteiger partial charge in [-0.1, -0.05) is 31.4 Å². The normalized spacial score (nSPS) is 11.5. The highest BCUT2D eigenvalue weighted by Gasteiger charge is 2.36. The number of ether oxygens (including phenoxy) is 1. The lowest BCUT2D eigenvalue weighted by Gasteiger charge is -2.22. The number of nitrogens with zero attached hydrogens (tertiary/aromatic N) is 3. The van der Waals surface area contributed by atoms with Gasteiger partial charge in [0.05, 0.1) is 6.61 Å². The van der Waals surface area contributed by atoms with Crippen molar-refractivity contribution in [2.75, 3.05) is 18.1 Å². The number of alkyl halides is 3. The molecule has 0 N–H and O–H groups in total. The van der Waals surface area contributed by atoms with Gasteiger partial charge in [-0.3, -0.25) is 0 Å². The van der Waals surface area contributed by atoms with Crippen LogP contribution in [0.4, 0.5) is 24.8 Å². The maximum atomic E-state index is 13.2. The minimum Gasteiger partial charge on any atom is -0.477 e. The molecule has 0 saturated heterocycles. The van der Waals surface area contributed by atoms with Crippen molar-refractivity contribution >= 4 is 23.2 Å². The molecule has 8 heteroatoms. The first-order valence-electron chi connectivity index (χ1n) is 8.47. The predicted molar refractivity (Wildman–Crippen MR) is 96.2 cm³/mol. The molecule has 1 aromatic carbocycles. The second kappa shape index (κ2) is 9.07. The minimum absolute atomic E-state index is 0.147. The summed E-state index contributed by atoms with van der Waals surface area (Å²) in [6.07, 6.45) is -1.30. The van der Waals surface area contributed by atoms with Gasteiger partial charge in [-0.15, -0.1) is 0 Å². The lowest BCUT2D eigenvalue weighted by Crippen LogP contribution is -2.21. The van der Waals surface area contributed by atoms with Crippen molar-refractivity contribution in [1.29, 1.82) is 0 Å². The summed E-state index contributed by atoms with van der Waals surface area (Å²) in [4.78, 5) is 9.64. The molecule has 0 bridgehead atoms. The highest BCUT2D eigenvalue weighted by atomic mass is 35.5. The molecule has 0 saturated carbocycles. The summed E-state index contributed by atoms with van der Waals surface area (Å²) in [7, 11) is 0. The van der Waals surface area contributed by atoms with Crippen LogP contribution in [0.25, 0.3) is 0 Å². The number of benzene rings is 1. The number of halogens is 4. The van der Waals surface area contributed by atoms with E-state index in [1.807, 2.05) is 13.8 Å². The van der Waals surface area contributed by atoms with Crippen LogP contribution in [0, 0.1) is 0 Å². The standard InChI is InChI=1S/C18H21ClF3N3O/c1-3-5-6-11-26-16-15(18(20,21)22)12-23-17(24-16)25(4-2)14-9-7-13(19)8-10-14/h7-10,12H,3-6,11H2,1-2H3. The van der Waals surface area contributed by atoms with E-state index in [1.165, 1.54) is 0 Å². The third-order valence-electron chi connectivity index (χ3n) is 3.73. The average molecular weight is 388 g/mol. The summed E-state index contributed by atoms with van der Waals surface area (Å²) in [6.45, 7) is 4.52. The minimum atomic E-state index is -4.57. The van der Waals surface area contributed by atoms with Crippen LogP contribution in [-0.4, -0.2) is 23.1 Å². The highest BCUT2D eigenvalue weighted by Crippen LogP contribution is 2.36. The molecule has 26 heavy (non-hydrogen) atoms. The van der Waals surface area contributed by atoms with Crippen molar-refractivity contribution in [3.63, 3.8) is 0 Å². The van der Waals surface area contributed by atoms with Crippen molar-refractivity contribution in [3.05, 3.63) is 41.0 Å². The van der Waals surface area contributed by atoms with Crippen LogP contribution in [0.15, 0.2) is 30.5 Å². The molecule has 0 aliphatic rings. The number of rotatable bonds is 8. The lowest BCUT2D eigenvalue weighted by molar-refractivity contribution is -0.139. The van der Waals surface area contributed by atoms with Crippen LogP contribution < -0.4 is 9.64 Å². The first kappa shape index (κ1) is 20.3. The van der Waals surface area contributed by atoms with E-state index in [-0.39, 0.29) is 12.6 Å². The molecule has 1 heterocycles. The molecule has 0 aliphatic heterocycles. The topological polar surface area (TPSA) is 38.2 Å². The SMILES string of the molecule is CCCCCOc1nc(N(CC)c2ccc(Cl)cc2)ncc1C(F)(F)F. The van der Waals surface area contributed by atoms with E-state index in [0.717, 1.165) is 24.7 Å². The zero-order valence-corrected chi connectivity index (χ0v) is 15.4. The first-order chi connectivity index (χ1) is 12.4. The third-order valence-corrected chi connectivity index (χ3v) is 3.98. The van der Waals surface area contributed by atoms with E-state index in [0.29, 0.717) is 18.0 Å². The summed E-state index contributed by atoms with van der Waals surface area (Å²) >= 11 is 5.89. The molecular weight excluding hydrogens is 367 g/mol. The first-order valence-corrected chi connectivity index (χ1v) is 8.84. The second-order valence-corrected chi connectivity index (χ2v) is 6.10. The maximum Gasteiger partial charge on any atom is 0.423 e. The second-order valence-electron chi connectivity index (χ2n) is 5.66. The molecule has 0 fully saturated rings. The van der Waals surface area contributed by atoms with E-state index < -0.39 is 17.6 Å². The van der Waals surface area contributed by atoms with Crippen LogP contribution in [0.2, 0.25) is 5.02 Å². The lowest BCUT2D eigenvalue weighted by atomic mass is 10.2. The molecule has 2 aromatic rings. The Bertz CT molecular complexity index is 708. The number of hydrogen-bond acceptors (Lipinski definition) is 4. The largest absolute Gasteiger partial charge is 0.477 e. The van der Waals surface area contributed by atoms with E-state index in [1.54, 1.807) is 29.2 Å². The molecule has 0 aliphatic carbocycles. The van der Waals surface area contributed by atoms with Gasteiger partial charge in [0.2, 0.25) is 11.8 Å². The smallest absolute Gasteiger partial charge is 0.423 e. The van der Waals surface area contributed by atoms with Gasteiger partial charge in [-0.05, 0) is 37.6 Å². The molecule has 1 aromatic heterocycles. The predicted octanol–water partition coefficient (Wildman–Crippen LogP) is 5.88. The number of hydrogen-bond donors (Lipinski definition) is 0. The monoisotopic (exact) mass is 387 g/mol. The van der Waals surface area contributed by atoms with Crippen molar-refractivity contribution < 1.29 is 17.9 Å². The Balaban J connectivity index is 2.34. The summed E-state index contributed by atoms with van der Waals surface area (Å²) in [5.74, 6) is -0.292. The molecular formula is C18H21ClF3N3O. The molecule has 2 rings (SSSR count). The Morgan fingerprint density at radius 2 is 1.81 bits per heavy atom. The van der Waals surface area contributed by atoms with E-state index >= 15 is 0 Å². The summed E-state index contributed by atoms with van der Waals surface area (Å²) in [5, 5.41) is 0.568. The number of aromatic nitrogens is 2. The fraction of sp³-hybridized carbons (Fsp3) is 0.444. The van der Waals surface area contributed by atoms with Crippen LogP contribution in [-0.2, 0) is 6.18 Å². The molecule has 0 unspecified atom stereocenters. The Labute approximate surface area is 156 Å². The number of anilines is 2. The quantitative estimate of drug-likeness (QED) is 0.530.